The Morgan fingerprint density at radius 2 is 1.90 bits per heavy atom. The van der Waals surface area contributed by atoms with E-state index in [4.69, 9.17) is 0 Å². The van der Waals surface area contributed by atoms with Crippen LogP contribution in [-0.2, 0) is 11.3 Å². The first kappa shape index (κ1) is 18.9. The zero-order chi connectivity index (χ0) is 20.2. The monoisotopic (exact) mass is 399 g/mol. The fraction of sp³-hybridized carbons (Fsp3) is 0.316. The topological polar surface area (TPSA) is 88.8 Å². The molecule has 0 spiro atoms. The number of amides is 1. The Balaban J connectivity index is 1.38. The van der Waals surface area contributed by atoms with E-state index in [-0.39, 0.29) is 23.9 Å². The lowest BCUT2D eigenvalue weighted by Gasteiger charge is -2.32. The van der Waals surface area contributed by atoms with Gasteiger partial charge in [-0.05, 0) is 37.1 Å². The maximum absolute atomic E-state index is 13.7. The maximum Gasteiger partial charge on any atom is 0.225 e. The number of anilines is 1. The van der Waals surface area contributed by atoms with Gasteiger partial charge in [0, 0.05) is 25.2 Å². The molecule has 1 saturated heterocycles. The number of hydrogen-bond acceptors (Lipinski definition) is 6. The molecule has 29 heavy (non-hydrogen) atoms. The number of rotatable bonds is 5. The number of nitrogens with zero attached hydrogens (tertiary/aromatic N) is 6. The van der Waals surface area contributed by atoms with Crippen LogP contribution in [0.25, 0.3) is 5.82 Å². The van der Waals surface area contributed by atoms with Crippen LogP contribution in [0.2, 0.25) is 0 Å². The molecule has 0 aliphatic carbocycles. The lowest BCUT2D eigenvalue weighted by Crippen LogP contribution is -2.43. The van der Waals surface area contributed by atoms with E-state index in [9.17, 15) is 13.6 Å². The van der Waals surface area contributed by atoms with Crippen LogP contribution in [0.15, 0.2) is 43.0 Å². The maximum atomic E-state index is 13.7. The average Bonchev–Trinajstić information content (AvgIpc) is 3.28. The van der Waals surface area contributed by atoms with Gasteiger partial charge in [-0.2, -0.15) is 5.10 Å². The van der Waals surface area contributed by atoms with Gasteiger partial charge >= 0.3 is 0 Å². The van der Waals surface area contributed by atoms with Crippen molar-refractivity contribution < 1.29 is 13.6 Å². The number of carbonyl (C=O) groups is 1. The predicted octanol–water partition coefficient (Wildman–Crippen LogP) is 1.87. The number of piperidine rings is 1. The minimum Gasteiger partial charge on any atom is -0.354 e. The molecular formula is C19H19F2N7O. The Hall–Kier alpha value is -3.43. The number of halogens is 2. The largest absolute Gasteiger partial charge is 0.354 e. The molecule has 0 radical (unpaired) electrons. The Morgan fingerprint density at radius 1 is 1.14 bits per heavy atom. The van der Waals surface area contributed by atoms with Gasteiger partial charge in [-0.25, -0.2) is 18.4 Å². The van der Waals surface area contributed by atoms with Crippen molar-refractivity contribution in [3.05, 3.63) is 60.2 Å². The van der Waals surface area contributed by atoms with E-state index in [1.54, 1.807) is 6.07 Å². The molecule has 8 nitrogen and oxygen atoms in total. The third-order valence-corrected chi connectivity index (χ3v) is 4.91. The molecule has 3 aromatic rings. The lowest BCUT2D eigenvalue weighted by molar-refractivity contribution is -0.125. The van der Waals surface area contributed by atoms with Crippen molar-refractivity contribution in [2.75, 3.05) is 18.0 Å². The first-order valence-corrected chi connectivity index (χ1v) is 9.26. The zero-order valence-corrected chi connectivity index (χ0v) is 15.5. The molecule has 1 aliphatic heterocycles. The summed E-state index contributed by atoms with van der Waals surface area (Å²) in [5.74, 6) is -0.660. The van der Waals surface area contributed by atoms with Crippen LogP contribution in [0.5, 0.6) is 0 Å². The molecule has 4 rings (SSSR count). The number of carbonyl (C=O) groups excluding carboxylic acids is 1. The van der Waals surface area contributed by atoms with Gasteiger partial charge in [0.25, 0.3) is 0 Å². The van der Waals surface area contributed by atoms with E-state index in [0.717, 1.165) is 13.0 Å². The van der Waals surface area contributed by atoms with Crippen molar-refractivity contribution in [1.29, 1.82) is 0 Å². The summed E-state index contributed by atoms with van der Waals surface area (Å²) < 4.78 is 29.0. The van der Waals surface area contributed by atoms with Crippen LogP contribution >= 0.6 is 0 Å². The summed E-state index contributed by atoms with van der Waals surface area (Å²) in [5, 5.41) is 15.0. The van der Waals surface area contributed by atoms with E-state index in [2.05, 4.69) is 25.6 Å². The second-order valence-electron chi connectivity index (χ2n) is 6.79. The van der Waals surface area contributed by atoms with Crippen molar-refractivity contribution in [2.45, 2.75) is 19.4 Å². The molecular weight excluding hydrogens is 380 g/mol. The predicted molar refractivity (Wildman–Crippen MR) is 100 cm³/mol. The standard InChI is InChI=1S/C19H19F2N7O/c20-15-4-1-5-16(21)14(15)9-23-19(29)13-3-2-8-27(10-13)17-6-7-18(26-25-17)28-12-22-11-24-28/h1,4-7,11-13H,2-3,8-10H2,(H,23,29). The quantitative estimate of drug-likeness (QED) is 0.705. The molecule has 1 amide bonds. The summed E-state index contributed by atoms with van der Waals surface area (Å²) >= 11 is 0. The van der Waals surface area contributed by atoms with E-state index in [1.165, 1.54) is 35.5 Å². The summed E-state index contributed by atoms with van der Waals surface area (Å²) in [5.41, 5.74) is -0.136. The van der Waals surface area contributed by atoms with Crippen LogP contribution in [0, 0.1) is 17.6 Å². The fourth-order valence-electron chi connectivity index (χ4n) is 3.36. The van der Waals surface area contributed by atoms with Gasteiger partial charge in [0.1, 0.15) is 24.3 Å². The summed E-state index contributed by atoms with van der Waals surface area (Å²) in [6, 6.07) is 7.24. The molecule has 3 heterocycles. The Kier molecular flexibility index (Phi) is 5.41. The summed E-state index contributed by atoms with van der Waals surface area (Å²) in [7, 11) is 0. The third kappa shape index (κ3) is 4.20. The molecule has 1 fully saturated rings. The van der Waals surface area contributed by atoms with Crippen molar-refractivity contribution in [3.8, 4) is 5.82 Å². The number of nitrogens with one attached hydrogen (secondary N) is 1. The lowest BCUT2D eigenvalue weighted by atomic mass is 9.97. The van der Waals surface area contributed by atoms with Gasteiger partial charge in [0.2, 0.25) is 5.91 Å². The molecule has 1 aliphatic rings. The van der Waals surface area contributed by atoms with Crippen LogP contribution in [-0.4, -0.2) is 44.0 Å². The van der Waals surface area contributed by atoms with Crippen LogP contribution in [0.1, 0.15) is 18.4 Å². The summed E-state index contributed by atoms with van der Waals surface area (Å²) in [6.07, 6.45) is 4.45. The Morgan fingerprint density at radius 3 is 2.59 bits per heavy atom. The van der Waals surface area contributed by atoms with Gasteiger partial charge < -0.3 is 10.2 Å². The fourth-order valence-corrected chi connectivity index (χ4v) is 3.36. The molecule has 1 N–H and O–H groups in total. The van der Waals surface area contributed by atoms with Gasteiger partial charge in [-0.3, -0.25) is 4.79 Å². The smallest absolute Gasteiger partial charge is 0.225 e. The SMILES string of the molecule is O=C(NCc1c(F)cccc1F)C1CCCN(c2ccc(-n3cncn3)nn2)C1. The Bertz CT molecular complexity index is 958. The van der Waals surface area contributed by atoms with Gasteiger partial charge in [-0.1, -0.05) is 6.07 Å². The van der Waals surface area contributed by atoms with Gasteiger partial charge in [0.05, 0.1) is 5.92 Å². The van der Waals surface area contributed by atoms with Gasteiger partial charge in [0.15, 0.2) is 11.6 Å². The third-order valence-electron chi connectivity index (χ3n) is 4.91. The van der Waals surface area contributed by atoms with E-state index < -0.39 is 11.6 Å². The molecule has 1 atom stereocenters. The second-order valence-corrected chi connectivity index (χ2v) is 6.79. The van der Waals surface area contributed by atoms with Crippen molar-refractivity contribution in [1.82, 2.24) is 30.3 Å². The van der Waals surface area contributed by atoms with Crippen LogP contribution in [0.3, 0.4) is 0 Å². The molecule has 10 heteroatoms. The highest BCUT2D eigenvalue weighted by molar-refractivity contribution is 5.79. The van der Waals surface area contributed by atoms with Gasteiger partial charge in [-0.15, -0.1) is 10.2 Å². The highest BCUT2D eigenvalue weighted by Gasteiger charge is 2.27. The van der Waals surface area contributed by atoms with Crippen LogP contribution < -0.4 is 10.2 Å². The molecule has 0 saturated carbocycles. The second kappa shape index (κ2) is 8.29. The van der Waals surface area contributed by atoms with E-state index in [1.807, 2.05) is 11.0 Å². The Labute approximate surface area is 165 Å². The van der Waals surface area contributed by atoms with Crippen LogP contribution in [0.4, 0.5) is 14.6 Å². The molecule has 1 unspecified atom stereocenters. The first-order valence-electron chi connectivity index (χ1n) is 9.26. The number of aromatic nitrogens is 5. The summed E-state index contributed by atoms with van der Waals surface area (Å²) in [4.78, 5) is 18.4. The number of hydrogen-bond donors (Lipinski definition) is 1. The van der Waals surface area contributed by atoms with E-state index >= 15 is 0 Å². The zero-order valence-electron chi connectivity index (χ0n) is 15.5. The van der Waals surface area contributed by atoms with Crippen molar-refractivity contribution in [3.63, 3.8) is 0 Å². The molecule has 1 aromatic carbocycles. The minimum atomic E-state index is -0.668. The highest BCUT2D eigenvalue weighted by atomic mass is 19.1. The number of benzene rings is 1. The minimum absolute atomic E-state index is 0.136. The van der Waals surface area contributed by atoms with E-state index in [0.29, 0.717) is 24.6 Å². The normalized spacial score (nSPS) is 16.6. The summed E-state index contributed by atoms with van der Waals surface area (Å²) in [6.45, 7) is 1.03. The van der Waals surface area contributed by atoms with Crippen molar-refractivity contribution in [2.24, 2.45) is 5.92 Å². The molecule has 0 bridgehead atoms. The molecule has 150 valence electrons. The first-order chi connectivity index (χ1) is 14.1. The molecule has 2 aromatic heterocycles. The van der Waals surface area contributed by atoms with Crippen molar-refractivity contribution >= 4 is 11.7 Å². The average molecular weight is 399 g/mol. The highest BCUT2D eigenvalue weighted by Crippen LogP contribution is 2.22.